The van der Waals surface area contributed by atoms with Gasteiger partial charge in [-0.15, -0.1) is 0 Å². The molecule has 1 N–H and O–H groups in total. The maximum atomic E-state index is 12.4. The van der Waals surface area contributed by atoms with Gasteiger partial charge >= 0.3 is 0 Å². The maximum absolute atomic E-state index is 12.4. The normalized spacial score (nSPS) is 11.0. The molecule has 1 amide bonds. The third-order valence-electron chi connectivity index (χ3n) is 3.77. The van der Waals surface area contributed by atoms with Gasteiger partial charge in [0.1, 0.15) is 0 Å². The summed E-state index contributed by atoms with van der Waals surface area (Å²) in [4.78, 5) is 14.4. The minimum absolute atomic E-state index is 0.148. The maximum Gasteiger partial charge on any atom is 0.251 e. The van der Waals surface area contributed by atoms with Gasteiger partial charge in [-0.05, 0) is 48.9 Å². The summed E-state index contributed by atoms with van der Waals surface area (Å²) in [5.74, 6) is 1.14. The summed E-state index contributed by atoms with van der Waals surface area (Å²) in [6, 6.07) is 13.2. The number of benzene rings is 2. The molecule has 2 aromatic carbocycles. The molecule has 25 heavy (non-hydrogen) atoms. The number of nitrogens with one attached hydrogen (secondary N) is 1. The smallest absolute Gasteiger partial charge is 0.251 e. The van der Waals surface area contributed by atoms with Gasteiger partial charge in [0.25, 0.3) is 5.91 Å². The number of carbonyl (C=O) groups is 1. The van der Waals surface area contributed by atoms with E-state index in [4.69, 9.17) is 9.47 Å². The number of carbonyl (C=O) groups excluding carboxylic acids is 1. The van der Waals surface area contributed by atoms with Gasteiger partial charge in [0.2, 0.25) is 0 Å². The molecule has 2 aromatic rings. The summed E-state index contributed by atoms with van der Waals surface area (Å²) in [5, 5.41) is 2.92. The summed E-state index contributed by atoms with van der Waals surface area (Å²) in [6.45, 7) is 1.78. The molecule has 0 bridgehead atoms. The molecule has 0 aliphatic heterocycles. The number of nitrogens with zero attached hydrogens (tertiary/aromatic N) is 1. The van der Waals surface area contributed by atoms with E-state index in [0.29, 0.717) is 17.1 Å². The first-order valence-corrected chi connectivity index (χ1v) is 7.93. The first-order chi connectivity index (χ1) is 11.9. The van der Waals surface area contributed by atoms with Crippen LogP contribution >= 0.6 is 0 Å². The Kier molecular flexibility index (Phi) is 6.06. The van der Waals surface area contributed by atoms with Gasteiger partial charge in [0.15, 0.2) is 11.5 Å². The standard InChI is InChI=1S/C20H24N2O3/c1-14(11-15-9-10-18(24-4)19(12-15)25-5)20(23)21-16-7-6-8-17(13-16)22(2)3/h6-13H,1-5H3,(H,21,23)/b14-11+. The van der Waals surface area contributed by atoms with Crippen LogP contribution in [0, 0.1) is 0 Å². The van der Waals surface area contributed by atoms with Gasteiger partial charge in [-0.1, -0.05) is 12.1 Å². The van der Waals surface area contributed by atoms with Crippen molar-refractivity contribution in [2.24, 2.45) is 0 Å². The minimum Gasteiger partial charge on any atom is -0.493 e. The van der Waals surface area contributed by atoms with Crippen LogP contribution in [0.2, 0.25) is 0 Å². The fourth-order valence-electron chi connectivity index (χ4n) is 2.35. The van der Waals surface area contributed by atoms with E-state index in [2.05, 4.69) is 5.32 Å². The van der Waals surface area contributed by atoms with Crippen molar-refractivity contribution in [1.82, 2.24) is 0 Å². The van der Waals surface area contributed by atoms with E-state index in [1.165, 1.54) is 0 Å². The zero-order chi connectivity index (χ0) is 18.4. The third kappa shape index (κ3) is 4.76. The van der Waals surface area contributed by atoms with Gasteiger partial charge in [-0.2, -0.15) is 0 Å². The number of hydrogen-bond donors (Lipinski definition) is 1. The second kappa shape index (κ2) is 8.24. The fourth-order valence-corrected chi connectivity index (χ4v) is 2.35. The second-order valence-electron chi connectivity index (χ2n) is 5.84. The number of amides is 1. The predicted octanol–water partition coefficient (Wildman–Crippen LogP) is 3.81. The Balaban J connectivity index is 2.16. The molecule has 0 saturated heterocycles. The lowest BCUT2D eigenvalue weighted by atomic mass is 10.1. The molecule has 0 saturated carbocycles. The van der Waals surface area contributed by atoms with Crippen LogP contribution in [0.25, 0.3) is 6.08 Å². The summed E-state index contributed by atoms with van der Waals surface area (Å²) in [6.07, 6.45) is 1.81. The molecule has 0 aromatic heterocycles. The van der Waals surface area contributed by atoms with Crippen LogP contribution < -0.4 is 19.7 Å². The lowest BCUT2D eigenvalue weighted by Crippen LogP contribution is -2.14. The van der Waals surface area contributed by atoms with Gasteiger partial charge < -0.3 is 19.7 Å². The van der Waals surface area contributed by atoms with Crippen LogP contribution in [0.4, 0.5) is 11.4 Å². The molecule has 0 atom stereocenters. The molecule has 0 fully saturated rings. The summed E-state index contributed by atoms with van der Waals surface area (Å²) in [5.41, 5.74) is 3.26. The number of hydrogen-bond acceptors (Lipinski definition) is 4. The molecule has 0 heterocycles. The van der Waals surface area contributed by atoms with Crippen molar-refractivity contribution in [3.05, 3.63) is 53.6 Å². The van der Waals surface area contributed by atoms with Crippen LogP contribution in [0.1, 0.15) is 12.5 Å². The average Bonchev–Trinajstić information content (AvgIpc) is 2.61. The van der Waals surface area contributed by atoms with Gasteiger partial charge in [0, 0.05) is 31.0 Å². The molecule has 0 unspecified atom stereocenters. The summed E-state index contributed by atoms with van der Waals surface area (Å²) < 4.78 is 10.5. The summed E-state index contributed by atoms with van der Waals surface area (Å²) >= 11 is 0. The molecule has 5 heteroatoms. The summed E-state index contributed by atoms with van der Waals surface area (Å²) in [7, 11) is 7.10. The van der Waals surface area contributed by atoms with Gasteiger partial charge in [-0.25, -0.2) is 0 Å². The number of anilines is 2. The van der Waals surface area contributed by atoms with Crippen molar-refractivity contribution < 1.29 is 14.3 Å². The minimum atomic E-state index is -0.148. The Morgan fingerprint density at radius 2 is 1.76 bits per heavy atom. The highest BCUT2D eigenvalue weighted by atomic mass is 16.5. The highest BCUT2D eigenvalue weighted by Gasteiger charge is 2.08. The molecule has 5 nitrogen and oxygen atoms in total. The number of rotatable bonds is 6. The van der Waals surface area contributed by atoms with Crippen molar-refractivity contribution >= 4 is 23.4 Å². The number of methoxy groups -OCH3 is 2. The molecule has 0 aliphatic rings. The SMILES string of the molecule is COc1ccc(/C=C(\C)C(=O)Nc2cccc(N(C)C)c2)cc1OC. The number of ether oxygens (including phenoxy) is 2. The van der Waals surface area contributed by atoms with Crippen molar-refractivity contribution in [2.45, 2.75) is 6.92 Å². The molecule has 0 spiro atoms. The third-order valence-corrected chi connectivity index (χ3v) is 3.77. The van der Waals surface area contributed by atoms with Crippen LogP contribution in [0.3, 0.4) is 0 Å². The van der Waals surface area contributed by atoms with E-state index in [1.807, 2.05) is 67.5 Å². The van der Waals surface area contributed by atoms with Crippen molar-refractivity contribution in [3.8, 4) is 11.5 Å². The monoisotopic (exact) mass is 340 g/mol. The second-order valence-corrected chi connectivity index (χ2v) is 5.84. The Morgan fingerprint density at radius 3 is 2.40 bits per heavy atom. The van der Waals surface area contributed by atoms with Crippen molar-refractivity contribution in [1.29, 1.82) is 0 Å². The highest BCUT2D eigenvalue weighted by Crippen LogP contribution is 2.28. The van der Waals surface area contributed by atoms with Gasteiger partial charge in [0.05, 0.1) is 14.2 Å². The van der Waals surface area contributed by atoms with E-state index in [-0.39, 0.29) is 5.91 Å². The topological polar surface area (TPSA) is 50.8 Å². The zero-order valence-corrected chi connectivity index (χ0v) is 15.3. The lowest BCUT2D eigenvalue weighted by molar-refractivity contribution is -0.112. The van der Waals surface area contributed by atoms with Crippen molar-refractivity contribution in [3.63, 3.8) is 0 Å². The first kappa shape index (κ1) is 18.4. The van der Waals surface area contributed by atoms with E-state index in [1.54, 1.807) is 21.1 Å². The van der Waals surface area contributed by atoms with Crippen LogP contribution in [-0.4, -0.2) is 34.2 Å². The predicted molar refractivity (Wildman–Crippen MR) is 103 cm³/mol. The lowest BCUT2D eigenvalue weighted by Gasteiger charge is -2.14. The van der Waals surface area contributed by atoms with Crippen LogP contribution in [0.15, 0.2) is 48.0 Å². The van der Waals surface area contributed by atoms with Crippen LogP contribution in [0.5, 0.6) is 11.5 Å². The Bertz CT molecular complexity index is 782. The molecule has 0 aliphatic carbocycles. The van der Waals surface area contributed by atoms with Crippen LogP contribution in [-0.2, 0) is 4.79 Å². The van der Waals surface area contributed by atoms with Crippen molar-refractivity contribution in [2.75, 3.05) is 38.5 Å². The Labute approximate surface area is 148 Å². The fraction of sp³-hybridized carbons (Fsp3) is 0.250. The van der Waals surface area contributed by atoms with E-state index in [0.717, 1.165) is 16.9 Å². The molecular weight excluding hydrogens is 316 g/mol. The van der Waals surface area contributed by atoms with E-state index >= 15 is 0 Å². The molecule has 132 valence electrons. The van der Waals surface area contributed by atoms with E-state index in [9.17, 15) is 4.79 Å². The Hall–Kier alpha value is -2.95. The highest BCUT2D eigenvalue weighted by molar-refractivity contribution is 6.06. The Morgan fingerprint density at radius 1 is 1.04 bits per heavy atom. The zero-order valence-electron chi connectivity index (χ0n) is 15.3. The average molecular weight is 340 g/mol. The largest absolute Gasteiger partial charge is 0.493 e. The molecular formula is C20H24N2O3. The first-order valence-electron chi connectivity index (χ1n) is 7.93. The van der Waals surface area contributed by atoms with Gasteiger partial charge in [-0.3, -0.25) is 4.79 Å². The molecule has 2 rings (SSSR count). The quantitative estimate of drug-likeness (QED) is 0.813. The van der Waals surface area contributed by atoms with E-state index < -0.39 is 0 Å². The molecule has 0 radical (unpaired) electrons.